The maximum Gasteiger partial charge on any atom is 0.101 e. The fourth-order valence-electron chi connectivity index (χ4n) is 4.42. The summed E-state index contributed by atoms with van der Waals surface area (Å²) in [6, 6.07) is 16.9. The van der Waals surface area contributed by atoms with Gasteiger partial charge in [-0.15, -0.1) is 0 Å². The highest BCUT2D eigenvalue weighted by Crippen LogP contribution is 2.38. The van der Waals surface area contributed by atoms with Gasteiger partial charge in [0.2, 0.25) is 0 Å². The Morgan fingerprint density at radius 2 is 1.68 bits per heavy atom. The van der Waals surface area contributed by atoms with Gasteiger partial charge in [0.25, 0.3) is 0 Å². The number of benzene rings is 2. The average molecular weight is 373 g/mol. The summed E-state index contributed by atoms with van der Waals surface area (Å²) in [6.45, 7) is 7.99. The maximum absolute atomic E-state index is 11.2. The summed E-state index contributed by atoms with van der Waals surface area (Å²) in [5, 5.41) is 13.7. The molecule has 3 atom stereocenters. The summed E-state index contributed by atoms with van der Waals surface area (Å²) in [4.78, 5) is 0. The number of aromatic nitrogens is 1. The van der Waals surface area contributed by atoms with Crippen LogP contribution in [0.25, 0.3) is 21.8 Å². The highest BCUT2D eigenvalue weighted by Gasteiger charge is 2.35. The molecule has 28 heavy (non-hydrogen) atoms. The molecule has 3 heteroatoms. The molecule has 1 heterocycles. The van der Waals surface area contributed by atoms with Crippen molar-refractivity contribution >= 4 is 21.8 Å². The second-order valence-corrected chi connectivity index (χ2v) is 7.42. The first-order chi connectivity index (χ1) is 13.7. The molecule has 1 aromatic heterocycles. The number of fused-ring (bicyclic) bond motifs is 3. The predicted molar refractivity (Wildman–Crippen MR) is 117 cm³/mol. The Bertz CT molecular complexity index is 976. The fourth-order valence-corrected chi connectivity index (χ4v) is 4.42. The highest BCUT2D eigenvalue weighted by molar-refractivity contribution is 6.08. The fraction of sp³-hybridized carbons (Fsp3) is 0.280. The van der Waals surface area contributed by atoms with Crippen molar-refractivity contribution in [3.8, 4) is 0 Å². The minimum Gasteiger partial charge on any atom is -0.388 e. The van der Waals surface area contributed by atoms with Crippen molar-refractivity contribution in [1.82, 2.24) is 4.57 Å². The number of para-hydroxylation sites is 2. The molecule has 144 valence electrons. The summed E-state index contributed by atoms with van der Waals surface area (Å²) in [5.74, 6) is 0. The Labute approximate surface area is 166 Å². The Morgan fingerprint density at radius 1 is 1.04 bits per heavy atom. The Kier molecular flexibility index (Phi) is 5.47. The van der Waals surface area contributed by atoms with Gasteiger partial charge in [0.05, 0.1) is 18.8 Å². The molecule has 0 aliphatic heterocycles. The lowest BCUT2D eigenvalue weighted by Gasteiger charge is -2.36. The standard InChI is InChI=1S/C25H27NO2/c1-3-10-18(4-2)17-28-24-16-9-15-23(25(24)27)26-21-13-7-5-11-19(21)20-12-6-8-14-22(20)26/h3-8,10-14,23-25,27H,1-2,9,15-17H2. The third-order valence-electron chi connectivity index (χ3n) is 5.77. The molecule has 3 nitrogen and oxygen atoms in total. The summed E-state index contributed by atoms with van der Waals surface area (Å²) in [6.07, 6.45) is 7.51. The molecular weight excluding hydrogens is 346 g/mol. The summed E-state index contributed by atoms with van der Waals surface area (Å²) < 4.78 is 8.42. The molecule has 3 unspecified atom stereocenters. The lowest BCUT2D eigenvalue weighted by molar-refractivity contribution is -0.0722. The summed E-state index contributed by atoms with van der Waals surface area (Å²) >= 11 is 0. The molecule has 1 fully saturated rings. The number of allylic oxidation sites excluding steroid dienone is 2. The lowest BCUT2D eigenvalue weighted by Crippen LogP contribution is -2.40. The Morgan fingerprint density at radius 3 is 2.29 bits per heavy atom. The predicted octanol–water partition coefficient (Wildman–Crippen LogP) is 5.56. The van der Waals surface area contributed by atoms with Crippen LogP contribution in [0.5, 0.6) is 0 Å². The van der Waals surface area contributed by atoms with E-state index in [1.165, 1.54) is 21.8 Å². The lowest BCUT2D eigenvalue weighted by atomic mass is 9.89. The van der Waals surface area contributed by atoms with Crippen LogP contribution in [0.1, 0.15) is 25.3 Å². The van der Waals surface area contributed by atoms with E-state index in [-0.39, 0.29) is 12.1 Å². The first kappa shape index (κ1) is 18.7. The zero-order chi connectivity index (χ0) is 19.5. The molecule has 1 aliphatic carbocycles. The van der Waals surface area contributed by atoms with Crippen molar-refractivity contribution in [1.29, 1.82) is 0 Å². The Balaban J connectivity index is 1.68. The summed E-state index contributed by atoms with van der Waals surface area (Å²) in [7, 11) is 0. The number of aliphatic hydroxyl groups is 1. The van der Waals surface area contributed by atoms with Crippen LogP contribution < -0.4 is 0 Å². The number of hydrogen-bond donors (Lipinski definition) is 1. The van der Waals surface area contributed by atoms with E-state index in [9.17, 15) is 5.11 Å². The zero-order valence-electron chi connectivity index (χ0n) is 16.1. The van der Waals surface area contributed by atoms with Gasteiger partial charge in [-0.05, 0) is 37.0 Å². The first-order valence-corrected chi connectivity index (χ1v) is 9.96. The molecule has 4 rings (SSSR count). The van der Waals surface area contributed by atoms with Crippen LogP contribution in [0.15, 0.2) is 85.5 Å². The number of hydrogen-bond acceptors (Lipinski definition) is 2. The zero-order valence-corrected chi connectivity index (χ0v) is 16.1. The van der Waals surface area contributed by atoms with E-state index in [2.05, 4.69) is 66.3 Å². The first-order valence-electron chi connectivity index (χ1n) is 9.96. The van der Waals surface area contributed by atoms with Crippen molar-refractivity contribution in [3.05, 3.63) is 85.5 Å². The quantitative estimate of drug-likeness (QED) is 0.574. The second kappa shape index (κ2) is 8.17. The number of aliphatic hydroxyl groups excluding tert-OH is 1. The third kappa shape index (κ3) is 3.32. The van der Waals surface area contributed by atoms with E-state index in [0.29, 0.717) is 6.61 Å². The van der Waals surface area contributed by atoms with E-state index in [0.717, 1.165) is 24.8 Å². The van der Waals surface area contributed by atoms with E-state index < -0.39 is 6.10 Å². The van der Waals surface area contributed by atoms with Gasteiger partial charge in [0.15, 0.2) is 0 Å². The van der Waals surface area contributed by atoms with Crippen LogP contribution in [-0.4, -0.2) is 28.5 Å². The van der Waals surface area contributed by atoms with E-state index in [1.807, 2.05) is 6.08 Å². The molecule has 1 aliphatic rings. The van der Waals surface area contributed by atoms with Gasteiger partial charge >= 0.3 is 0 Å². The van der Waals surface area contributed by atoms with Crippen molar-refractivity contribution in [3.63, 3.8) is 0 Å². The van der Waals surface area contributed by atoms with E-state index >= 15 is 0 Å². The van der Waals surface area contributed by atoms with Crippen LogP contribution >= 0.6 is 0 Å². The van der Waals surface area contributed by atoms with Gasteiger partial charge < -0.3 is 14.4 Å². The molecule has 1 saturated carbocycles. The number of nitrogens with zero attached hydrogens (tertiary/aromatic N) is 1. The summed E-state index contributed by atoms with van der Waals surface area (Å²) in [5.41, 5.74) is 3.32. The third-order valence-corrected chi connectivity index (χ3v) is 5.77. The van der Waals surface area contributed by atoms with E-state index in [4.69, 9.17) is 4.74 Å². The normalized spacial score (nSPS) is 23.2. The van der Waals surface area contributed by atoms with Crippen LogP contribution in [-0.2, 0) is 4.74 Å². The van der Waals surface area contributed by atoms with Crippen LogP contribution in [0, 0.1) is 0 Å². The van der Waals surface area contributed by atoms with Gasteiger partial charge in [-0.1, -0.05) is 67.8 Å². The topological polar surface area (TPSA) is 34.4 Å². The molecule has 3 aromatic rings. The average Bonchev–Trinajstić information content (AvgIpc) is 3.06. The minimum atomic E-state index is -0.553. The van der Waals surface area contributed by atoms with Gasteiger partial charge in [0.1, 0.15) is 6.10 Å². The minimum absolute atomic E-state index is 0.000819. The molecule has 2 aromatic carbocycles. The molecule has 0 bridgehead atoms. The molecular formula is C25H27NO2. The highest BCUT2D eigenvalue weighted by atomic mass is 16.5. The van der Waals surface area contributed by atoms with Crippen LogP contribution in [0.2, 0.25) is 0 Å². The maximum atomic E-state index is 11.2. The van der Waals surface area contributed by atoms with Crippen LogP contribution in [0.3, 0.4) is 0 Å². The molecule has 0 spiro atoms. The largest absolute Gasteiger partial charge is 0.388 e. The Hall–Kier alpha value is -2.62. The van der Waals surface area contributed by atoms with Gasteiger partial charge in [-0.3, -0.25) is 0 Å². The van der Waals surface area contributed by atoms with Gasteiger partial charge in [0, 0.05) is 21.8 Å². The number of rotatable bonds is 6. The van der Waals surface area contributed by atoms with Gasteiger partial charge in [-0.25, -0.2) is 0 Å². The van der Waals surface area contributed by atoms with Crippen molar-refractivity contribution in [2.45, 2.75) is 37.5 Å². The molecule has 0 saturated heterocycles. The molecule has 0 radical (unpaired) electrons. The number of ether oxygens (including phenoxy) is 1. The SMILES string of the molecule is C=CC=C(C=C)COC1CCCC(n2c3ccccc3c3ccccc32)C1O. The van der Waals surface area contributed by atoms with Crippen molar-refractivity contribution < 1.29 is 9.84 Å². The molecule has 0 amide bonds. The van der Waals surface area contributed by atoms with Crippen LogP contribution in [0.4, 0.5) is 0 Å². The second-order valence-electron chi connectivity index (χ2n) is 7.42. The molecule has 1 N–H and O–H groups in total. The smallest absolute Gasteiger partial charge is 0.101 e. The van der Waals surface area contributed by atoms with Crippen molar-refractivity contribution in [2.24, 2.45) is 0 Å². The van der Waals surface area contributed by atoms with Gasteiger partial charge in [-0.2, -0.15) is 0 Å². The van der Waals surface area contributed by atoms with Crippen molar-refractivity contribution in [2.75, 3.05) is 6.61 Å². The van der Waals surface area contributed by atoms with E-state index in [1.54, 1.807) is 12.2 Å². The monoisotopic (exact) mass is 373 g/mol.